The van der Waals surface area contributed by atoms with Crippen molar-refractivity contribution in [3.05, 3.63) is 0 Å². The molecule has 0 atom stereocenters. The van der Waals surface area contributed by atoms with Gasteiger partial charge in [0.15, 0.2) is 5.53 Å². The van der Waals surface area contributed by atoms with Gasteiger partial charge in [-0.1, -0.05) is 0 Å². The summed E-state index contributed by atoms with van der Waals surface area (Å²) >= 11 is 4.30. The molecule has 0 N–H and O–H groups in total. The largest absolute Gasteiger partial charge is 0.179 e. The number of rotatable bonds is 0. The third-order valence-electron chi connectivity index (χ3n) is 0. The lowest BCUT2D eigenvalue weighted by molar-refractivity contribution is 1.57. The van der Waals surface area contributed by atoms with Gasteiger partial charge >= 0.3 is 0 Å². The van der Waals surface area contributed by atoms with Gasteiger partial charge in [0, 0.05) is 34.7 Å². The van der Waals surface area contributed by atoms with E-state index < -0.39 is 0 Å². The van der Waals surface area contributed by atoms with Crippen LogP contribution >= 0.6 is 11.6 Å². The highest BCUT2D eigenvalue weighted by atomic mass is 35.5. The molecule has 0 bridgehead atoms. The fourth-order valence-electron chi connectivity index (χ4n) is 0. The number of hydrogen-bond acceptors (Lipinski definition) is 1. The number of hydrogen-bond donors (Lipinski definition) is 0. The second kappa shape index (κ2) is 9.62. The Balaban J connectivity index is 0. The Morgan fingerprint density at radius 2 is 1.75 bits per heavy atom. The quantitative estimate of drug-likeness (QED) is 0.389. The molecule has 0 aromatic carbocycles. The molecule has 0 aliphatic carbocycles. The number of halogens is 1. The molecule has 0 unspecified atom stereocenters. The van der Waals surface area contributed by atoms with E-state index in [1.54, 1.807) is 0 Å². The highest BCUT2D eigenvalue weighted by molar-refractivity contribution is 6.28. The molecule has 1 nitrogen and oxygen atoms in total. The molecule has 0 amide bonds. The van der Waals surface area contributed by atoms with E-state index in [-0.39, 0.29) is 23.1 Å². The van der Waals surface area contributed by atoms with Crippen molar-refractivity contribution < 1.29 is 0 Å². The monoisotopic (exact) mass is 85.0 g/mol. The van der Waals surface area contributed by atoms with E-state index in [4.69, 9.17) is 5.26 Å². The summed E-state index contributed by atoms with van der Waals surface area (Å²) in [5, 5.41) is 7.08. The summed E-state index contributed by atoms with van der Waals surface area (Å²) in [4.78, 5) is 0. The van der Waals surface area contributed by atoms with Gasteiger partial charge in [-0.15, -0.1) is 0 Å². The molecule has 18 valence electrons. The molecule has 0 fully saturated rings. The highest BCUT2D eigenvalue weighted by Gasteiger charge is 1.23. The van der Waals surface area contributed by atoms with Crippen LogP contribution in [0.5, 0.6) is 0 Å². The molecule has 3 heteroatoms. The van der Waals surface area contributed by atoms with Gasteiger partial charge in [-0.2, -0.15) is 5.26 Å². The fraction of sp³-hybridized carbons (Fsp3) is 0. The maximum Gasteiger partial charge on any atom is 0.173 e. The van der Waals surface area contributed by atoms with Gasteiger partial charge < -0.3 is 0 Å². The van der Waals surface area contributed by atoms with E-state index in [0.29, 0.717) is 0 Å². The zero-order valence-electron chi connectivity index (χ0n) is 2.03. The predicted octanol–water partition coefficient (Wildman–Crippen LogP) is 0.325. The predicted molar refractivity (Wildman–Crippen MR) is 17.2 cm³/mol. The first-order chi connectivity index (χ1) is 1.41. The lowest BCUT2D eigenvalue weighted by Crippen LogP contribution is -0.952. The summed E-state index contributed by atoms with van der Waals surface area (Å²) in [5.74, 6) is 0. The second-order valence-corrected chi connectivity index (χ2v) is 0.254. The average molecular weight is 85.8 g/mol. The molecule has 0 saturated carbocycles. The molecule has 0 aliphatic rings. The van der Waals surface area contributed by atoms with E-state index in [0.717, 1.165) is 0 Å². The maximum atomic E-state index is 7.08. The first kappa shape index (κ1) is 8.82. The van der Waals surface area contributed by atoms with Crippen LogP contribution in [0.4, 0.5) is 0 Å². The second-order valence-electron chi connectivity index (χ2n) is 0.0845. The molecule has 2 radical (unpaired) electrons. The molecule has 0 rings (SSSR count). The van der Waals surface area contributed by atoms with Gasteiger partial charge in [0.25, 0.3) is 0 Å². The van der Waals surface area contributed by atoms with E-state index >= 15 is 0 Å². The first-order valence-electron chi connectivity index (χ1n) is 0.413. The minimum Gasteiger partial charge on any atom is -0.179 e. The third-order valence-corrected chi connectivity index (χ3v) is 0. The van der Waals surface area contributed by atoms with Gasteiger partial charge in [0.1, 0.15) is 0 Å². The van der Waals surface area contributed by atoms with Crippen molar-refractivity contribution in [3.63, 3.8) is 0 Å². The Morgan fingerprint density at radius 1 is 1.75 bits per heavy atom. The molecule has 0 saturated heterocycles. The standard InChI is InChI=1S/CClN.Mg/c2-1-3;. The minimum absolute atomic E-state index is 0. The molecular formula is CClMgN. The summed E-state index contributed by atoms with van der Waals surface area (Å²) in [6.45, 7) is 0. The lowest BCUT2D eigenvalue weighted by Gasteiger charge is -1.10. The summed E-state index contributed by atoms with van der Waals surface area (Å²) in [7, 11) is 0. The van der Waals surface area contributed by atoms with Crippen molar-refractivity contribution in [2.45, 2.75) is 0 Å². The normalized spacial score (nSPS) is 2.00. The zero-order chi connectivity index (χ0) is 2.71. The number of nitrogens with zero attached hydrogens (tertiary/aromatic N) is 1. The summed E-state index contributed by atoms with van der Waals surface area (Å²) in [6, 6.07) is 0. The van der Waals surface area contributed by atoms with Gasteiger partial charge in [0.2, 0.25) is 0 Å². The summed E-state index contributed by atoms with van der Waals surface area (Å²) < 4.78 is 0. The molecular weight excluding hydrogens is 85.8 g/mol. The van der Waals surface area contributed by atoms with Crippen LogP contribution in [0.1, 0.15) is 0 Å². The van der Waals surface area contributed by atoms with E-state index in [1.165, 1.54) is 5.53 Å². The molecule has 0 heterocycles. The summed E-state index contributed by atoms with van der Waals surface area (Å²) in [5.41, 5.74) is 1.22. The molecule has 0 aromatic rings. The van der Waals surface area contributed by atoms with E-state index in [9.17, 15) is 0 Å². The lowest BCUT2D eigenvalue weighted by atomic mass is 11.8. The van der Waals surface area contributed by atoms with Crippen molar-refractivity contribution in [1.82, 2.24) is 0 Å². The van der Waals surface area contributed by atoms with Gasteiger partial charge in [0.05, 0.1) is 0 Å². The fourth-order valence-corrected chi connectivity index (χ4v) is 0. The zero-order valence-corrected chi connectivity index (χ0v) is 4.20. The van der Waals surface area contributed by atoms with Gasteiger partial charge in [-0.3, -0.25) is 0 Å². The van der Waals surface area contributed by atoms with E-state index in [2.05, 4.69) is 11.6 Å². The number of nitriles is 1. The van der Waals surface area contributed by atoms with Gasteiger partial charge in [-0.25, -0.2) is 0 Å². The molecule has 4 heavy (non-hydrogen) atoms. The smallest absolute Gasteiger partial charge is 0.173 e. The van der Waals surface area contributed by atoms with Crippen LogP contribution in [-0.2, 0) is 0 Å². The Morgan fingerprint density at radius 3 is 1.75 bits per heavy atom. The SMILES string of the molecule is N#CCl.[Mg]. The topological polar surface area (TPSA) is 23.8 Å². The van der Waals surface area contributed by atoms with E-state index in [1.807, 2.05) is 0 Å². The Bertz CT molecular complexity index is 29.5. The van der Waals surface area contributed by atoms with Crippen LogP contribution in [0.25, 0.3) is 0 Å². The van der Waals surface area contributed by atoms with Crippen molar-refractivity contribution in [2.24, 2.45) is 0 Å². The van der Waals surface area contributed by atoms with Crippen LogP contribution in [0.15, 0.2) is 0 Å². The first-order valence-corrected chi connectivity index (χ1v) is 0.791. The van der Waals surface area contributed by atoms with Crippen molar-refractivity contribution in [1.29, 1.82) is 5.26 Å². The third kappa shape index (κ3) is 20.4. The Labute approximate surface area is 45.7 Å². The Hall–Kier alpha value is 0.546. The molecule has 0 spiro atoms. The van der Waals surface area contributed by atoms with Crippen molar-refractivity contribution in [3.8, 4) is 5.53 Å². The van der Waals surface area contributed by atoms with Crippen molar-refractivity contribution >= 4 is 34.7 Å². The van der Waals surface area contributed by atoms with Crippen LogP contribution < -0.4 is 0 Å². The highest BCUT2D eigenvalue weighted by Crippen LogP contribution is 1.49. The average Bonchev–Trinajstić information content (AvgIpc) is 0.918. The maximum absolute atomic E-state index is 7.08. The minimum atomic E-state index is 0. The van der Waals surface area contributed by atoms with Crippen molar-refractivity contribution in [2.75, 3.05) is 0 Å². The van der Waals surface area contributed by atoms with Gasteiger partial charge in [-0.05, 0) is 0 Å². The van der Waals surface area contributed by atoms with Crippen LogP contribution in [0.2, 0.25) is 0 Å². The Kier molecular flexibility index (Phi) is 21.2. The molecule has 0 aromatic heterocycles. The summed E-state index contributed by atoms with van der Waals surface area (Å²) in [6.07, 6.45) is 0. The van der Waals surface area contributed by atoms with Crippen LogP contribution in [-0.4, -0.2) is 23.1 Å². The van der Waals surface area contributed by atoms with Crippen LogP contribution in [0.3, 0.4) is 0 Å². The van der Waals surface area contributed by atoms with Crippen LogP contribution in [0, 0.1) is 10.8 Å². The molecule has 0 aliphatic heterocycles.